The fourth-order valence-corrected chi connectivity index (χ4v) is 8.43. The molecule has 0 aliphatic heterocycles. The number of nitrogens with one attached hydrogen (secondary N) is 1. The Balaban J connectivity index is 5.43. The highest BCUT2D eigenvalue weighted by molar-refractivity contribution is 7.47. The van der Waals surface area contributed by atoms with Crippen LogP contribution in [0.2, 0.25) is 0 Å². The quantitative estimate of drug-likeness (QED) is 0.0206. The molecule has 3 atom stereocenters. The molecule has 0 rings (SSSR count). The van der Waals surface area contributed by atoms with Crippen LogP contribution in [0, 0.1) is 0 Å². The molecule has 1 amide bonds. The number of allylic oxidation sites excluding steroid dienone is 3. The van der Waals surface area contributed by atoms with Crippen molar-refractivity contribution in [2.24, 2.45) is 0 Å². The van der Waals surface area contributed by atoms with Gasteiger partial charge in [-0.15, -0.1) is 0 Å². The van der Waals surface area contributed by atoms with Crippen molar-refractivity contribution in [2.75, 3.05) is 40.9 Å². The topological polar surface area (TPSA) is 111 Å². The number of likely N-dealkylation sites (N-methyl/N-ethyl adjacent to an activating group) is 1. The number of ether oxygens (including phenoxy) is 1. The second-order valence-corrected chi connectivity index (χ2v) is 20.9. The van der Waals surface area contributed by atoms with E-state index >= 15 is 0 Å². The van der Waals surface area contributed by atoms with Crippen LogP contribution >= 0.6 is 7.82 Å². The van der Waals surface area contributed by atoms with E-state index in [4.69, 9.17) is 13.8 Å². The molecule has 0 aliphatic rings. The second-order valence-electron chi connectivity index (χ2n) is 19.4. The number of phosphoric ester groups is 1. The number of esters is 1. The number of amides is 1. The molecule has 0 aliphatic carbocycles. The molecule has 0 spiro atoms. The minimum atomic E-state index is -4.43. The Morgan fingerprint density at radius 2 is 0.921 bits per heavy atom. The van der Waals surface area contributed by atoms with Gasteiger partial charge in [0.1, 0.15) is 19.3 Å². The molecule has 0 aromatic rings. The molecule has 0 saturated heterocycles. The molecule has 2 N–H and O–H groups in total. The molecule has 9 nitrogen and oxygen atoms in total. The van der Waals surface area contributed by atoms with Gasteiger partial charge in [-0.2, -0.15) is 0 Å². The largest absolute Gasteiger partial charge is 0.472 e. The normalized spacial score (nSPS) is 14.1. The zero-order valence-corrected chi connectivity index (χ0v) is 43.2. The summed E-state index contributed by atoms with van der Waals surface area (Å²) in [6, 6.07) is -0.847. The van der Waals surface area contributed by atoms with Crippen molar-refractivity contribution in [3.8, 4) is 0 Å². The Bertz CT molecular complexity index is 1140. The van der Waals surface area contributed by atoms with Crippen LogP contribution < -0.4 is 5.32 Å². The molecule has 0 radical (unpaired) electrons. The van der Waals surface area contributed by atoms with E-state index in [1.165, 1.54) is 148 Å². The fourth-order valence-electron chi connectivity index (χ4n) is 7.70. The summed E-state index contributed by atoms with van der Waals surface area (Å²) < 4.78 is 30.5. The number of carbonyl (C=O) groups excluding carboxylic acids is 2. The van der Waals surface area contributed by atoms with Crippen LogP contribution in [0.15, 0.2) is 24.3 Å². The van der Waals surface area contributed by atoms with E-state index in [2.05, 4.69) is 38.2 Å². The van der Waals surface area contributed by atoms with Crippen LogP contribution in [0.3, 0.4) is 0 Å². The molecule has 10 heteroatoms. The zero-order valence-electron chi connectivity index (χ0n) is 42.3. The molecule has 0 aromatic heterocycles. The van der Waals surface area contributed by atoms with E-state index in [0.29, 0.717) is 23.9 Å². The molecular formula is C53H104N2O7P+. The molecule has 0 fully saturated rings. The summed E-state index contributed by atoms with van der Waals surface area (Å²) in [6.07, 6.45) is 48.8. The Kier molecular flexibility index (Phi) is 43.3. The molecule has 63 heavy (non-hydrogen) atoms. The van der Waals surface area contributed by atoms with E-state index in [1.54, 1.807) is 0 Å². The number of quaternary nitrogens is 1. The third-order valence-corrected chi connectivity index (χ3v) is 12.9. The van der Waals surface area contributed by atoms with Gasteiger partial charge in [-0.25, -0.2) is 4.57 Å². The number of hydrogen-bond donors (Lipinski definition) is 2. The SMILES string of the molecule is CCCCCCCCC/C=C\CCCCCC(=O)NC(COP(=O)(O)OCC[N+](C)(C)C)C(/C=C/CCCCCCCCCCCC)OC(=O)CCCCCCCCCCCCC. The number of hydrogen-bond acceptors (Lipinski definition) is 6. The highest BCUT2D eigenvalue weighted by Crippen LogP contribution is 2.43. The van der Waals surface area contributed by atoms with Crippen LogP contribution in [0.4, 0.5) is 0 Å². The number of rotatable bonds is 48. The number of nitrogens with zero attached hydrogens (tertiary/aromatic N) is 1. The summed E-state index contributed by atoms with van der Waals surface area (Å²) >= 11 is 0. The van der Waals surface area contributed by atoms with Gasteiger partial charge in [0.2, 0.25) is 5.91 Å². The monoisotopic (exact) mass is 912 g/mol. The van der Waals surface area contributed by atoms with Gasteiger partial charge < -0.3 is 19.4 Å². The van der Waals surface area contributed by atoms with Crippen molar-refractivity contribution in [3.63, 3.8) is 0 Å². The average molecular weight is 912 g/mol. The number of unbranched alkanes of at least 4 members (excludes halogenated alkanes) is 30. The van der Waals surface area contributed by atoms with Gasteiger partial charge in [0.05, 0.1) is 33.8 Å². The standard InChI is InChI=1S/C53H103N2O7P/c1-7-10-13-16-19-22-25-27-28-31-33-36-39-42-45-52(56)54-50(49-61-63(58,59)60-48-47-55(4,5)6)51(44-41-38-35-32-30-26-23-20-17-14-11-8-2)62-53(57)46-43-40-37-34-29-24-21-18-15-12-9-3/h28,31,41,44,50-51H,7-27,29-30,32-40,42-43,45-49H2,1-6H3,(H-,54,56,58,59)/p+1/b31-28-,44-41+. The van der Waals surface area contributed by atoms with Crippen molar-refractivity contribution in [1.82, 2.24) is 5.32 Å². The Labute approximate surface area is 390 Å². The lowest BCUT2D eigenvalue weighted by Gasteiger charge is -2.27. The lowest BCUT2D eigenvalue weighted by Crippen LogP contribution is -2.47. The molecule has 372 valence electrons. The van der Waals surface area contributed by atoms with E-state index in [9.17, 15) is 19.0 Å². The van der Waals surface area contributed by atoms with Crippen LogP contribution in [0.5, 0.6) is 0 Å². The highest BCUT2D eigenvalue weighted by atomic mass is 31.2. The summed E-state index contributed by atoms with van der Waals surface area (Å²) in [7, 11) is 1.49. The highest BCUT2D eigenvalue weighted by Gasteiger charge is 2.30. The minimum absolute atomic E-state index is 0.0404. The molecule has 0 saturated carbocycles. The van der Waals surface area contributed by atoms with Gasteiger partial charge in [-0.1, -0.05) is 206 Å². The Hall–Kier alpha value is -1.51. The van der Waals surface area contributed by atoms with E-state index < -0.39 is 20.0 Å². The van der Waals surface area contributed by atoms with Gasteiger partial charge in [0.15, 0.2) is 0 Å². The summed E-state index contributed by atoms with van der Waals surface area (Å²) in [4.78, 5) is 37.4. The fraction of sp³-hybridized carbons (Fsp3) is 0.887. The van der Waals surface area contributed by atoms with Crippen molar-refractivity contribution in [1.29, 1.82) is 0 Å². The lowest BCUT2D eigenvalue weighted by molar-refractivity contribution is -0.870. The molecule has 0 aromatic carbocycles. The number of phosphoric acid groups is 1. The van der Waals surface area contributed by atoms with E-state index in [1.807, 2.05) is 33.3 Å². The van der Waals surface area contributed by atoms with Crippen LogP contribution in [0.25, 0.3) is 0 Å². The van der Waals surface area contributed by atoms with Crippen LogP contribution in [-0.4, -0.2) is 74.3 Å². The van der Waals surface area contributed by atoms with Gasteiger partial charge >= 0.3 is 13.8 Å². The van der Waals surface area contributed by atoms with E-state index in [0.717, 1.165) is 70.6 Å². The third-order valence-electron chi connectivity index (χ3n) is 11.9. The maximum absolute atomic E-state index is 13.4. The zero-order chi connectivity index (χ0) is 46.5. The summed E-state index contributed by atoms with van der Waals surface area (Å²) in [6.45, 7) is 6.99. The molecule has 3 unspecified atom stereocenters. The predicted octanol–water partition coefficient (Wildman–Crippen LogP) is 15.4. The molecule has 0 heterocycles. The van der Waals surface area contributed by atoms with Crippen LogP contribution in [-0.2, 0) is 27.9 Å². The second kappa shape index (κ2) is 44.3. The van der Waals surface area contributed by atoms with Crippen molar-refractivity contribution >= 4 is 19.7 Å². The third kappa shape index (κ3) is 45.4. The van der Waals surface area contributed by atoms with Crippen molar-refractivity contribution in [3.05, 3.63) is 24.3 Å². The molecule has 0 bridgehead atoms. The minimum Gasteiger partial charge on any atom is -0.456 e. The van der Waals surface area contributed by atoms with Gasteiger partial charge in [-0.05, 0) is 57.4 Å². The smallest absolute Gasteiger partial charge is 0.456 e. The first-order chi connectivity index (χ1) is 30.4. The summed E-state index contributed by atoms with van der Waals surface area (Å²) in [5.41, 5.74) is 0. The van der Waals surface area contributed by atoms with Crippen molar-refractivity contribution < 1.29 is 37.3 Å². The van der Waals surface area contributed by atoms with Gasteiger partial charge in [0.25, 0.3) is 0 Å². The van der Waals surface area contributed by atoms with E-state index in [-0.39, 0.29) is 25.1 Å². The summed E-state index contributed by atoms with van der Waals surface area (Å²) in [5.74, 6) is -0.517. The first-order valence-electron chi connectivity index (χ1n) is 26.7. The predicted molar refractivity (Wildman–Crippen MR) is 268 cm³/mol. The molecular weight excluding hydrogens is 808 g/mol. The number of carbonyl (C=O) groups is 2. The first-order valence-corrected chi connectivity index (χ1v) is 28.2. The maximum Gasteiger partial charge on any atom is 0.472 e. The maximum atomic E-state index is 13.4. The van der Waals surface area contributed by atoms with Crippen molar-refractivity contribution in [2.45, 2.75) is 264 Å². The lowest BCUT2D eigenvalue weighted by atomic mass is 10.0. The summed E-state index contributed by atoms with van der Waals surface area (Å²) in [5, 5.41) is 3.03. The Morgan fingerprint density at radius 3 is 1.37 bits per heavy atom. The average Bonchev–Trinajstić information content (AvgIpc) is 3.23. The van der Waals surface area contributed by atoms with Crippen LogP contribution in [0.1, 0.15) is 252 Å². The first kappa shape index (κ1) is 61.5. The Morgan fingerprint density at radius 1 is 0.540 bits per heavy atom. The van der Waals surface area contributed by atoms with Gasteiger partial charge in [0, 0.05) is 12.8 Å². The van der Waals surface area contributed by atoms with Gasteiger partial charge in [-0.3, -0.25) is 18.6 Å².